The van der Waals surface area contributed by atoms with Crippen molar-refractivity contribution in [3.05, 3.63) is 29.7 Å². The Morgan fingerprint density at radius 1 is 1.48 bits per heavy atom. The van der Waals surface area contributed by atoms with E-state index in [1.807, 2.05) is 13.8 Å². The van der Waals surface area contributed by atoms with Crippen molar-refractivity contribution in [1.82, 2.24) is 24.8 Å². The number of hydrogen-bond donors (Lipinski definition) is 0. The average molecular weight is 289 g/mol. The lowest BCUT2D eigenvalue weighted by Crippen LogP contribution is -2.30. The van der Waals surface area contributed by atoms with Crippen LogP contribution in [0.3, 0.4) is 0 Å². The average Bonchev–Trinajstić information content (AvgIpc) is 3.17. The van der Waals surface area contributed by atoms with E-state index in [-0.39, 0.29) is 17.9 Å². The van der Waals surface area contributed by atoms with Gasteiger partial charge >= 0.3 is 0 Å². The van der Waals surface area contributed by atoms with Crippen LogP contribution in [0.5, 0.6) is 0 Å². The standard InChI is InChI=1S/C14H19N5O2/c1-9(2)12-16-13(21-17-12)11-5-4-6-19(11)14(20)10-7-15-18(3)8-10/h7-9,11H,4-6H2,1-3H3. The summed E-state index contributed by atoms with van der Waals surface area (Å²) in [6, 6.07) is -0.127. The van der Waals surface area contributed by atoms with Crippen LogP contribution in [0.4, 0.5) is 0 Å². The van der Waals surface area contributed by atoms with Gasteiger partial charge in [-0.15, -0.1) is 0 Å². The van der Waals surface area contributed by atoms with Gasteiger partial charge in [0.1, 0.15) is 6.04 Å². The van der Waals surface area contributed by atoms with E-state index in [1.165, 1.54) is 0 Å². The van der Waals surface area contributed by atoms with E-state index in [1.54, 1.807) is 29.0 Å². The van der Waals surface area contributed by atoms with Crippen molar-refractivity contribution in [1.29, 1.82) is 0 Å². The molecule has 0 spiro atoms. The minimum Gasteiger partial charge on any atom is -0.337 e. The molecular weight excluding hydrogens is 270 g/mol. The van der Waals surface area contributed by atoms with Crippen molar-refractivity contribution >= 4 is 5.91 Å². The van der Waals surface area contributed by atoms with Crippen LogP contribution in [0.2, 0.25) is 0 Å². The second kappa shape index (κ2) is 5.31. The van der Waals surface area contributed by atoms with Gasteiger partial charge in [0.25, 0.3) is 5.91 Å². The van der Waals surface area contributed by atoms with Gasteiger partial charge in [-0.1, -0.05) is 19.0 Å². The molecule has 1 amide bonds. The van der Waals surface area contributed by atoms with Crippen molar-refractivity contribution in [2.24, 2.45) is 7.05 Å². The lowest BCUT2D eigenvalue weighted by molar-refractivity contribution is 0.0710. The van der Waals surface area contributed by atoms with Gasteiger partial charge in [0.15, 0.2) is 5.82 Å². The molecule has 1 saturated heterocycles. The van der Waals surface area contributed by atoms with Crippen LogP contribution >= 0.6 is 0 Å². The molecule has 0 bridgehead atoms. The first-order valence-electron chi connectivity index (χ1n) is 7.19. The number of hydrogen-bond acceptors (Lipinski definition) is 5. The summed E-state index contributed by atoms with van der Waals surface area (Å²) in [5, 5.41) is 8.04. The number of aromatic nitrogens is 4. The topological polar surface area (TPSA) is 77.0 Å². The van der Waals surface area contributed by atoms with E-state index in [9.17, 15) is 4.79 Å². The van der Waals surface area contributed by atoms with Gasteiger partial charge in [-0.2, -0.15) is 10.1 Å². The van der Waals surface area contributed by atoms with Crippen molar-refractivity contribution < 1.29 is 9.32 Å². The number of carbonyl (C=O) groups excluding carboxylic acids is 1. The summed E-state index contributed by atoms with van der Waals surface area (Å²) < 4.78 is 6.98. The summed E-state index contributed by atoms with van der Waals surface area (Å²) in [5.74, 6) is 1.40. The molecule has 7 heteroatoms. The molecule has 1 aliphatic heterocycles. The Morgan fingerprint density at radius 3 is 2.90 bits per heavy atom. The largest absolute Gasteiger partial charge is 0.337 e. The van der Waals surface area contributed by atoms with Crippen molar-refractivity contribution in [2.45, 2.75) is 38.6 Å². The fourth-order valence-corrected chi connectivity index (χ4v) is 2.58. The molecule has 0 N–H and O–H groups in total. The highest BCUT2D eigenvalue weighted by molar-refractivity contribution is 5.94. The van der Waals surface area contributed by atoms with Crippen molar-refractivity contribution in [3.63, 3.8) is 0 Å². The second-order valence-corrected chi connectivity index (χ2v) is 5.70. The van der Waals surface area contributed by atoms with Crippen LogP contribution in [0.1, 0.15) is 60.7 Å². The fraction of sp³-hybridized carbons (Fsp3) is 0.571. The maximum atomic E-state index is 12.6. The number of carbonyl (C=O) groups is 1. The van der Waals surface area contributed by atoms with Gasteiger partial charge in [-0.05, 0) is 12.8 Å². The maximum absolute atomic E-state index is 12.6. The monoisotopic (exact) mass is 289 g/mol. The van der Waals surface area contributed by atoms with Gasteiger partial charge in [0.2, 0.25) is 5.89 Å². The van der Waals surface area contributed by atoms with Gasteiger partial charge in [-0.25, -0.2) is 0 Å². The normalized spacial score (nSPS) is 18.7. The molecule has 0 saturated carbocycles. The summed E-state index contributed by atoms with van der Waals surface area (Å²) in [6.07, 6.45) is 5.11. The number of amides is 1. The van der Waals surface area contributed by atoms with E-state index in [2.05, 4.69) is 15.2 Å². The lowest BCUT2D eigenvalue weighted by Gasteiger charge is -2.21. The van der Waals surface area contributed by atoms with E-state index in [4.69, 9.17) is 4.52 Å². The Bertz CT molecular complexity index is 645. The highest BCUT2D eigenvalue weighted by atomic mass is 16.5. The van der Waals surface area contributed by atoms with E-state index in [0.29, 0.717) is 23.8 Å². The number of aryl methyl sites for hydroxylation is 1. The molecule has 0 radical (unpaired) electrons. The van der Waals surface area contributed by atoms with Crippen LogP contribution in [0.15, 0.2) is 16.9 Å². The van der Waals surface area contributed by atoms with Crippen LogP contribution in [0.25, 0.3) is 0 Å². The summed E-state index contributed by atoms with van der Waals surface area (Å²) in [6.45, 7) is 4.74. The van der Waals surface area contributed by atoms with Crippen LogP contribution < -0.4 is 0 Å². The first-order chi connectivity index (χ1) is 10.1. The van der Waals surface area contributed by atoms with Gasteiger partial charge < -0.3 is 9.42 Å². The second-order valence-electron chi connectivity index (χ2n) is 5.70. The summed E-state index contributed by atoms with van der Waals surface area (Å²) in [7, 11) is 1.80. The Morgan fingerprint density at radius 2 is 2.29 bits per heavy atom. The Balaban J connectivity index is 1.83. The molecule has 1 unspecified atom stereocenters. The van der Waals surface area contributed by atoms with Crippen LogP contribution in [-0.4, -0.2) is 37.3 Å². The molecule has 2 aromatic heterocycles. The number of nitrogens with zero attached hydrogens (tertiary/aromatic N) is 5. The molecule has 2 aromatic rings. The first-order valence-corrected chi connectivity index (χ1v) is 7.19. The maximum Gasteiger partial charge on any atom is 0.257 e. The number of likely N-dealkylation sites (tertiary alicyclic amines) is 1. The summed E-state index contributed by atoms with van der Waals surface area (Å²) in [5.41, 5.74) is 0.591. The zero-order chi connectivity index (χ0) is 15.0. The molecule has 7 nitrogen and oxygen atoms in total. The summed E-state index contributed by atoms with van der Waals surface area (Å²) in [4.78, 5) is 18.8. The third-order valence-electron chi connectivity index (χ3n) is 3.72. The summed E-state index contributed by atoms with van der Waals surface area (Å²) >= 11 is 0. The van der Waals surface area contributed by atoms with E-state index in [0.717, 1.165) is 12.8 Å². The SMILES string of the molecule is CC(C)c1noc(C2CCCN2C(=O)c2cnn(C)c2)n1. The fourth-order valence-electron chi connectivity index (χ4n) is 2.58. The molecule has 21 heavy (non-hydrogen) atoms. The molecule has 3 rings (SSSR count). The number of rotatable bonds is 3. The third kappa shape index (κ3) is 2.55. The highest BCUT2D eigenvalue weighted by Gasteiger charge is 2.35. The van der Waals surface area contributed by atoms with E-state index < -0.39 is 0 Å². The lowest BCUT2D eigenvalue weighted by atomic mass is 10.2. The predicted molar refractivity (Wildman–Crippen MR) is 74.6 cm³/mol. The predicted octanol–water partition coefficient (Wildman–Crippen LogP) is 1.90. The third-order valence-corrected chi connectivity index (χ3v) is 3.72. The van der Waals surface area contributed by atoms with Gasteiger partial charge in [0.05, 0.1) is 11.8 Å². The Hall–Kier alpha value is -2.18. The van der Waals surface area contributed by atoms with Gasteiger partial charge in [0, 0.05) is 25.7 Å². The molecular formula is C14H19N5O2. The van der Waals surface area contributed by atoms with Crippen LogP contribution in [-0.2, 0) is 7.05 Å². The minimum absolute atomic E-state index is 0.0325. The zero-order valence-corrected chi connectivity index (χ0v) is 12.5. The van der Waals surface area contributed by atoms with Crippen molar-refractivity contribution in [2.75, 3.05) is 6.54 Å². The van der Waals surface area contributed by atoms with Crippen LogP contribution in [0, 0.1) is 0 Å². The Labute approximate surface area is 122 Å². The molecule has 0 aromatic carbocycles. The molecule has 0 aliphatic carbocycles. The molecule has 1 fully saturated rings. The molecule has 1 aliphatic rings. The first kappa shape index (κ1) is 13.8. The highest BCUT2D eigenvalue weighted by Crippen LogP contribution is 2.32. The quantitative estimate of drug-likeness (QED) is 0.862. The van der Waals surface area contributed by atoms with E-state index >= 15 is 0 Å². The Kier molecular flexibility index (Phi) is 3.48. The minimum atomic E-state index is -0.127. The smallest absolute Gasteiger partial charge is 0.257 e. The van der Waals surface area contributed by atoms with Gasteiger partial charge in [-0.3, -0.25) is 9.48 Å². The zero-order valence-electron chi connectivity index (χ0n) is 12.5. The molecule has 1 atom stereocenters. The van der Waals surface area contributed by atoms with Crippen molar-refractivity contribution in [3.8, 4) is 0 Å². The molecule has 3 heterocycles. The molecule has 112 valence electrons.